The molecule has 3 rings (SSSR count). The second kappa shape index (κ2) is 8.18. The molecule has 0 bridgehead atoms. The van der Waals surface area contributed by atoms with Crippen molar-refractivity contribution in [3.05, 3.63) is 65.2 Å². The first-order valence-electron chi connectivity index (χ1n) is 8.16. The van der Waals surface area contributed by atoms with Crippen molar-refractivity contribution < 1.29 is 17.9 Å². The monoisotopic (exact) mass is 394 g/mol. The maximum absolute atomic E-state index is 12.8. The molecule has 138 valence electrons. The van der Waals surface area contributed by atoms with Gasteiger partial charge in [-0.25, -0.2) is 8.42 Å². The lowest BCUT2D eigenvalue weighted by atomic mass is 10.2. The molecule has 1 heterocycles. The normalized spacial score (nSPS) is 18.4. The lowest BCUT2D eigenvalue weighted by molar-refractivity contribution is -0.136. The van der Waals surface area contributed by atoms with Gasteiger partial charge in [-0.3, -0.25) is 4.79 Å². The number of carbonyl (C=O) groups excluding carboxylic acids is 1. The highest BCUT2D eigenvalue weighted by atomic mass is 35.5. The van der Waals surface area contributed by atoms with E-state index in [2.05, 4.69) is 5.32 Å². The molecular weight excluding hydrogens is 376 g/mol. The van der Waals surface area contributed by atoms with E-state index in [1.807, 2.05) is 30.3 Å². The maximum atomic E-state index is 12.8. The van der Waals surface area contributed by atoms with Crippen LogP contribution in [0.1, 0.15) is 5.56 Å². The number of nitrogens with one attached hydrogen (secondary N) is 1. The van der Waals surface area contributed by atoms with Gasteiger partial charge in [0.2, 0.25) is 10.0 Å². The van der Waals surface area contributed by atoms with E-state index in [1.54, 1.807) is 12.1 Å². The van der Waals surface area contributed by atoms with Crippen molar-refractivity contribution in [3.8, 4) is 0 Å². The highest BCUT2D eigenvalue weighted by Crippen LogP contribution is 2.25. The van der Waals surface area contributed by atoms with E-state index in [9.17, 15) is 13.2 Å². The Morgan fingerprint density at radius 3 is 2.58 bits per heavy atom. The summed E-state index contributed by atoms with van der Waals surface area (Å²) in [6, 6.07) is 15.7. The van der Waals surface area contributed by atoms with E-state index in [0.29, 0.717) is 6.54 Å². The molecule has 1 N–H and O–H groups in total. The molecule has 1 saturated heterocycles. The molecule has 2 aromatic carbocycles. The number of hydrogen-bond acceptors (Lipinski definition) is 4. The molecule has 1 amide bonds. The summed E-state index contributed by atoms with van der Waals surface area (Å²) in [6.07, 6.45) is -0.857. The van der Waals surface area contributed by atoms with Gasteiger partial charge >= 0.3 is 0 Å². The van der Waals surface area contributed by atoms with Crippen molar-refractivity contribution in [2.75, 3.05) is 19.7 Å². The van der Waals surface area contributed by atoms with Gasteiger partial charge in [0.1, 0.15) is 11.0 Å². The van der Waals surface area contributed by atoms with Crippen LogP contribution in [0, 0.1) is 0 Å². The first-order chi connectivity index (χ1) is 12.5. The van der Waals surface area contributed by atoms with Crippen LogP contribution in [-0.4, -0.2) is 44.4 Å². The molecule has 1 atom stereocenters. The average Bonchev–Trinajstić information content (AvgIpc) is 2.67. The van der Waals surface area contributed by atoms with Gasteiger partial charge in [-0.05, 0) is 17.7 Å². The van der Waals surface area contributed by atoms with Gasteiger partial charge in [0.15, 0.2) is 0 Å². The number of benzene rings is 2. The molecule has 0 aromatic heterocycles. The number of hydrogen-bond donors (Lipinski definition) is 1. The second-order valence-corrected chi connectivity index (χ2v) is 8.17. The Morgan fingerprint density at radius 1 is 1.15 bits per heavy atom. The van der Waals surface area contributed by atoms with Crippen molar-refractivity contribution in [1.29, 1.82) is 0 Å². The van der Waals surface area contributed by atoms with Crippen LogP contribution in [-0.2, 0) is 26.1 Å². The SMILES string of the molecule is O=C(NCc1ccccc1)C1CN(S(=O)(=O)c2ccccc2Cl)CCO1. The fourth-order valence-corrected chi connectivity index (χ4v) is 4.61. The molecule has 0 aliphatic carbocycles. The zero-order chi connectivity index (χ0) is 18.6. The van der Waals surface area contributed by atoms with Crippen LogP contribution in [0.3, 0.4) is 0 Å². The van der Waals surface area contributed by atoms with Crippen LogP contribution in [0.25, 0.3) is 0 Å². The first-order valence-corrected chi connectivity index (χ1v) is 9.98. The van der Waals surface area contributed by atoms with Gasteiger partial charge in [-0.1, -0.05) is 54.1 Å². The van der Waals surface area contributed by atoms with Crippen molar-refractivity contribution in [3.63, 3.8) is 0 Å². The van der Waals surface area contributed by atoms with Gasteiger partial charge in [0.25, 0.3) is 5.91 Å². The number of rotatable bonds is 5. The number of halogens is 1. The summed E-state index contributed by atoms with van der Waals surface area (Å²) >= 11 is 6.03. The third-order valence-corrected chi connectivity index (χ3v) is 6.45. The predicted molar refractivity (Wildman–Crippen MR) is 98.2 cm³/mol. The number of morpholine rings is 1. The maximum Gasteiger partial charge on any atom is 0.250 e. The average molecular weight is 395 g/mol. The van der Waals surface area contributed by atoms with Crippen LogP contribution >= 0.6 is 11.6 Å². The summed E-state index contributed by atoms with van der Waals surface area (Å²) in [6.45, 7) is 0.633. The van der Waals surface area contributed by atoms with E-state index in [4.69, 9.17) is 16.3 Å². The largest absolute Gasteiger partial charge is 0.366 e. The third kappa shape index (κ3) is 4.24. The number of ether oxygens (including phenoxy) is 1. The van der Waals surface area contributed by atoms with Crippen LogP contribution in [0.15, 0.2) is 59.5 Å². The Bertz CT molecular complexity index is 874. The smallest absolute Gasteiger partial charge is 0.250 e. The highest BCUT2D eigenvalue weighted by Gasteiger charge is 2.34. The summed E-state index contributed by atoms with van der Waals surface area (Å²) in [4.78, 5) is 12.4. The molecule has 2 aromatic rings. The summed E-state index contributed by atoms with van der Waals surface area (Å²) < 4.78 is 32.3. The molecule has 26 heavy (non-hydrogen) atoms. The van der Waals surface area contributed by atoms with Gasteiger partial charge in [0.05, 0.1) is 11.6 Å². The Balaban J connectivity index is 1.67. The van der Waals surface area contributed by atoms with Crippen LogP contribution in [0.2, 0.25) is 5.02 Å². The lowest BCUT2D eigenvalue weighted by Gasteiger charge is -2.31. The number of carbonyl (C=O) groups is 1. The summed E-state index contributed by atoms with van der Waals surface area (Å²) in [5.41, 5.74) is 0.956. The molecule has 1 unspecified atom stereocenters. The minimum absolute atomic E-state index is 0.0343. The lowest BCUT2D eigenvalue weighted by Crippen LogP contribution is -2.51. The van der Waals surface area contributed by atoms with Crippen molar-refractivity contribution in [1.82, 2.24) is 9.62 Å². The third-order valence-electron chi connectivity index (χ3n) is 4.09. The predicted octanol–water partition coefficient (Wildman–Crippen LogP) is 2.05. The standard InChI is InChI=1S/C18H19ClN2O4S/c19-15-8-4-5-9-17(15)26(23,24)21-10-11-25-16(13-21)18(22)20-12-14-6-2-1-3-7-14/h1-9,16H,10-13H2,(H,20,22). The minimum atomic E-state index is -3.78. The molecular formula is C18H19ClN2O4S. The van der Waals surface area contributed by atoms with Gasteiger partial charge in [-0.15, -0.1) is 0 Å². The van der Waals surface area contributed by atoms with Gasteiger partial charge < -0.3 is 10.1 Å². The molecule has 0 saturated carbocycles. The van der Waals surface area contributed by atoms with Crippen LogP contribution in [0.4, 0.5) is 0 Å². The quantitative estimate of drug-likeness (QED) is 0.842. The van der Waals surface area contributed by atoms with E-state index in [0.717, 1.165) is 5.56 Å². The number of amides is 1. The Kier molecular flexibility index (Phi) is 5.93. The van der Waals surface area contributed by atoms with E-state index in [1.165, 1.54) is 16.4 Å². The van der Waals surface area contributed by atoms with E-state index >= 15 is 0 Å². The summed E-state index contributed by atoms with van der Waals surface area (Å²) in [5.74, 6) is -0.340. The highest BCUT2D eigenvalue weighted by molar-refractivity contribution is 7.89. The minimum Gasteiger partial charge on any atom is -0.366 e. The van der Waals surface area contributed by atoms with E-state index < -0.39 is 16.1 Å². The fourth-order valence-electron chi connectivity index (χ4n) is 2.69. The van der Waals surface area contributed by atoms with E-state index in [-0.39, 0.29) is 35.5 Å². The topological polar surface area (TPSA) is 75.7 Å². The molecule has 1 aliphatic heterocycles. The first kappa shape index (κ1) is 18.8. The Hall–Kier alpha value is -1.93. The van der Waals surface area contributed by atoms with Crippen molar-refractivity contribution in [2.24, 2.45) is 0 Å². The molecule has 6 nitrogen and oxygen atoms in total. The second-order valence-electron chi connectivity index (χ2n) is 5.86. The summed E-state index contributed by atoms with van der Waals surface area (Å²) in [5, 5.41) is 2.94. The van der Waals surface area contributed by atoms with Crippen LogP contribution < -0.4 is 5.32 Å². The number of nitrogens with zero attached hydrogens (tertiary/aromatic N) is 1. The number of sulfonamides is 1. The molecule has 1 aliphatic rings. The Morgan fingerprint density at radius 2 is 1.85 bits per heavy atom. The molecule has 0 spiro atoms. The molecule has 1 fully saturated rings. The zero-order valence-electron chi connectivity index (χ0n) is 14.0. The zero-order valence-corrected chi connectivity index (χ0v) is 15.5. The van der Waals surface area contributed by atoms with Crippen LogP contribution in [0.5, 0.6) is 0 Å². The fraction of sp³-hybridized carbons (Fsp3) is 0.278. The van der Waals surface area contributed by atoms with Gasteiger partial charge in [-0.2, -0.15) is 4.31 Å². The van der Waals surface area contributed by atoms with Gasteiger partial charge in [0, 0.05) is 19.6 Å². The van der Waals surface area contributed by atoms with Crippen molar-refractivity contribution >= 4 is 27.5 Å². The Labute approximate surface area is 157 Å². The summed E-state index contributed by atoms with van der Waals surface area (Å²) in [7, 11) is -3.78. The molecule has 0 radical (unpaired) electrons. The molecule has 8 heteroatoms. The van der Waals surface area contributed by atoms with Crippen molar-refractivity contribution in [2.45, 2.75) is 17.5 Å².